The van der Waals surface area contributed by atoms with Gasteiger partial charge in [-0.2, -0.15) is 0 Å². The Bertz CT molecular complexity index is 245. The maximum atomic E-state index is 5.87. The molecule has 0 saturated carbocycles. The van der Waals surface area contributed by atoms with Crippen LogP contribution in [0.25, 0.3) is 0 Å². The van der Waals surface area contributed by atoms with Crippen LogP contribution in [0.5, 0.6) is 0 Å². The van der Waals surface area contributed by atoms with E-state index in [-0.39, 0.29) is 5.54 Å². The van der Waals surface area contributed by atoms with Crippen molar-refractivity contribution in [2.24, 2.45) is 12.8 Å². The highest BCUT2D eigenvalue weighted by atomic mass is 15.0. The predicted octanol–water partition coefficient (Wildman–Crippen LogP) is 1.09. The van der Waals surface area contributed by atoms with Crippen LogP contribution in [0.15, 0.2) is 12.4 Å². The summed E-state index contributed by atoms with van der Waals surface area (Å²) in [5, 5.41) is 0. The van der Waals surface area contributed by atoms with Gasteiger partial charge in [0.2, 0.25) is 0 Å². The average molecular weight is 167 g/mol. The molecular formula is C9H17N3. The van der Waals surface area contributed by atoms with Crippen molar-refractivity contribution in [2.75, 3.05) is 0 Å². The average Bonchev–Trinajstić information content (AvgIpc) is 2.29. The highest BCUT2D eigenvalue weighted by molar-refractivity contribution is 4.92. The maximum absolute atomic E-state index is 5.87. The summed E-state index contributed by atoms with van der Waals surface area (Å²) in [6.45, 7) is 4.08. The molecule has 0 aliphatic carbocycles. The molecule has 0 amide bonds. The summed E-state index contributed by atoms with van der Waals surface area (Å²) >= 11 is 0. The van der Waals surface area contributed by atoms with Gasteiger partial charge in [-0.15, -0.1) is 0 Å². The smallest absolute Gasteiger partial charge is 0.108 e. The summed E-state index contributed by atoms with van der Waals surface area (Å²) in [5.41, 5.74) is 5.77. The van der Waals surface area contributed by atoms with Gasteiger partial charge in [-0.05, 0) is 20.3 Å². The molecule has 1 heterocycles. The normalized spacial score (nSPS) is 12.0. The van der Waals surface area contributed by atoms with Crippen molar-refractivity contribution >= 4 is 0 Å². The first-order valence-electron chi connectivity index (χ1n) is 4.24. The number of nitrogens with zero attached hydrogens (tertiary/aromatic N) is 2. The van der Waals surface area contributed by atoms with Crippen molar-refractivity contribution in [3.05, 3.63) is 18.2 Å². The monoisotopic (exact) mass is 167 g/mol. The van der Waals surface area contributed by atoms with Crippen molar-refractivity contribution in [3.63, 3.8) is 0 Å². The quantitative estimate of drug-likeness (QED) is 0.732. The van der Waals surface area contributed by atoms with Crippen LogP contribution in [0.3, 0.4) is 0 Å². The third-order valence-corrected chi connectivity index (χ3v) is 1.91. The van der Waals surface area contributed by atoms with Crippen LogP contribution >= 0.6 is 0 Å². The fourth-order valence-corrected chi connectivity index (χ4v) is 1.07. The van der Waals surface area contributed by atoms with Crippen molar-refractivity contribution in [3.8, 4) is 0 Å². The predicted molar refractivity (Wildman–Crippen MR) is 49.8 cm³/mol. The summed E-state index contributed by atoms with van der Waals surface area (Å²) < 4.78 is 2.03. The zero-order valence-electron chi connectivity index (χ0n) is 8.04. The van der Waals surface area contributed by atoms with Crippen LogP contribution in [0.2, 0.25) is 0 Å². The Hall–Kier alpha value is -0.830. The fourth-order valence-electron chi connectivity index (χ4n) is 1.07. The van der Waals surface area contributed by atoms with E-state index in [2.05, 4.69) is 4.98 Å². The molecule has 0 radical (unpaired) electrons. The van der Waals surface area contributed by atoms with Crippen LogP contribution < -0.4 is 5.73 Å². The molecule has 0 saturated heterocycles. The van der Waals surface area contributed by atoms with Gasteiger partial charge in [0.1, 0.15) is 5.82 Å². The molecule has 0 unspecified atom stereocenters. The van der Waals surface area contributed by atoms with Crippen molar-refractivity contribution in [2.45, 2.75) is 32.2 Å². The molecule has 1 rings (SSSR count). The van der Waals surface area contributed by atoms with Crippen molar-refractivity contribution < 1.29 is 0 Å². The highest BCUT2D eigenvalue weighted by Crippen LogP contribution is 2.08. The van der Waals surface area contributed by atoms with E-state index in [9.17, 15) is 0 Å². The van der Waals surface area contributed by atoms with E-state index >= 15 is 0 Å². The third kappa shape index (κ3) is 2.66. The molecule has 3 nitrogen and oxygen atoms in total. The summed E-state index contributed by atoms with van der Waals surface area (Å²) in [5.74, 6) is 1.11. The first-order valence-corrected chi connectivity index (χ1v) is 4.24. The van der Waals surface area contributed by atoms with Gasteiger partial charge in [-0.1, -0.05) is 0 Å². The van der Waals surface area contributed by atoms with Gasteiger partial charge in [0.15, 0.2) is 0 Å². The van der Waals surface area contributed by atoms with Gasteiger partial charge in [-0.3, -0.25) is 0 Å². The van der Waals surface area contributed by atoms with Gasteiger partial charge in [0, 0.05) is 31.4 Å². The largest absolute Gasteiger partial charge is 0.338 e. The fraction of sp³-hybridized carbons (Fsp3) is 0.667. The van der Waals surface area contributed by atoms with Crippen molar-refractivity contribution in [1.82, 2.24) is 9.55 Å². The number of hydrogen-bond acceptors (Lipinski definition) is 2. The van der Waals surface area contributed by atoms with Gasteiger partial charge >= 0.3 is 0 Å². The Morgan fingerprint density at radius 1 is 1.58 bits per heavy atom. The lowest BCUT2D eigenvalue weighted by molar-refractivity contribution is 0.467. The minimum Gasteiger partial charge on any atom is -0.338 e. The SMILES string of the molecule is Cn1ccnc1CCC(C)(C)N. The van der Waals surface area contributed by atoms with E-state index in [1.54, 1.807) is 0 Å². The van der Waals surface area contributed by atoms with Crippen LogP contribution in [0, 0.1) is 0 Å². The Morgan fingerprint density at radius 2 is 2.25 bits per heavy atom. The Balaban J connectivity index is 2.49. The van der Waals surface area contributed by atoms with E-state index in [1.165, 1.54) is 0 Å². The summed E-state index contributed by atoms with van der Waals surface area (Å²) in [6.07, 6.45) is 5.70. The van der Waals surface area contributed by atoms with Gasteiger partial charge in [-0.25, -0.2) is 4.98 Å². The number of aromatic nitrogens is 2. The van der Waals surface area contributed by atoms with Crippen LogP contribution in [-0.4, -0.2) is 15.1 Å². The summed E-state index contributed by atoms with van der Waals surface area (Å²) in [6, 6.07) is 0. The zero-order chi connectivity index (χ0) is 9.19. The second kappa shape index (κ2) is 3.27. The maximum Gasteiger partial charge on any atom is 0.108 e. The molecular weight excluding hydrogens is 150 g/mol. The molecule has 3 heteroatoms. The molecule has 68 valence electrons. The van der Waals surface area contributed by atoms with E-state index in [1.807, 2.05) is 37.9 Å². The number of nitrogens with two attached hydrogens (primary N) is 1. The second-order valence-corrected chi connectivity index (χ2v) is 3.94. The summed E-state index contributed by atoms with van der Waals surface area (Å²) in [4.78, 5) is 4.23. The number of rotatable bonds is 3. The van der Waals surface area contributed by atoms with E-state index in [0.717, 1.165) is 18.7 Å². The van der Waals surface area contributed by atoms with Crippen LogP contribution in [0.1, 0.15) is 26.1 Å². The first-order chi connectivity index (χ1) is 5.49. The third-order valence-electron chi connectivity index (χ3n) is 1.91. The Morgan fingerprint density at radius 3 is 2.67 bits per heavy atom. The summed E-state index contributed by atoms with van der Waals surface area (Å²) in [7, 11) is 2.01. The molecule has 0 spiro atoms. The topological polar surface area (TPSA) is 43.8 Å². The van der Waals surface area contributed by atoms with Crippen molar-refractivity contribution in [1.29, 1.82) is 0 Å². The van der Waals surface area contributed by atoms with Gasteiger partial charge < -0.3 is 10.3 Å². The van der Waals surface area contributed by atoms with E-state index in [0.29, 0.717) is 0 Å². The Labute approximate surface area is 73.6 Å². The molecule has 0 atom stereocenters. The molecule has 1 aromatic rings. The lowest BCUT2D eigenvalue weighted by atomic mass is 10.00. The zero-order valence-corrected chi connectivity index (χ0v) is 8.04. The highest BCUT2D eigenvalue weighted by Gasteiger charge is 2.11. The number of aryl methyl sites for hydroxylation is 2. The molecule has 2 N–H and O–H groups in total. The second-order valence-electron chi connectivity index (χ2n) is 3.94. The molecule has 12 heavy (non-hydrogen) atoms. The minimum atomic E-state index is -0.0913. The molecule has 0 bridgehead atoms. The van der Waals surface area contributed by atoms with Gasteiger partial charge in [0.25, 0.3) is 0 Å². The van der Waals surface area contributed by atoms with Crippen LogP contribution in [0.4, 0.5) is 0 Å². The number of imidazole rings is 1. The van der Waals surface area contributed by atoms with Gasteiger partial charge in [0.05, 0.1) is 0 Å². The van der Waals surface area contributed by atoms with Crippen LogP contribution in [-0.2, 0) is 13.5 Å². The molecule has 0 aliphatic heterocycles. The molecule has 0 aliphatic rings. The van der Waals surface area contributed by atoms with E-state index in [4.69, 9.17) is 5.73 Å². The molecule has 0 aromatic carbocycles. The van der Waals surface area contributed by atoms with E-state index < -0.39 is 0 Å². The Kier molecular flexibility index (Phi) is 2.52. The first kappa shape index (κ1) is 9.26. The standard InChI is InChI=1S/C9H17N3/c1-9(2,10)5-4-8-11-6-7-12(8)3/h6-7H,4-5,10H2,1-3H3. The molecule has 0 fully saturated rings. The number of hydrogen-bond donors (Lipinski definition) is 1. The lowest BCUT2D eigenvalue weighted by Crippen LogP contribution is -2.32. The minimum absolute atomic E-state index is 0.0913. The molecule has 1 aromatic heterocycles. The lowest BCUT2D eigenvalue weighted by Gasteiger charge is -2.17.